The van der Waals surface area contributed by atoms with Crippen LogP contribution in [0.25, 0.3) is 45.2 Å². The van der Waals surface area contributed by atoms with Crippen molar-refractivity contribution in [3.8, 4) is 22.3 Å². The van der Waals surface area contributed by atoms with Crippen molar-refractivity contribution >= 4 is 55.1 Å². The SMILES string of the molecule is CC.CC1=Cc2c(-c3ccccc3)cccc2[CH]1[Zr]([CH3])([SiH3])[CH]1C(C)=Cc2c(-c3cccc4ccccc34)cccc21.Cl.Cl. The Labute approximate surface area is 276 Å². The summed E-state index contributed by atoms with van der Waals surface area (Å²) in [7, 11) is 1.30. The van der Waals surface area contributed by atoms with Gasteiger partial charge in [0.2, 0.25) is 0 Å². The first kappa shape index (κ1) is 33.4. The minimum absolute atomic E-state index is 0. The van der Waals surface area contributed by atoms with Crippen molar-refractivity contribution in [3.63, 3.8) is 0 Å². The average Bonchev–Trinajstić information content (AvgIpc) is 3.54. The third kappa shape index (κ3) is 5.73. The minimum Gasteiger partial charge on any atom is -0.147 e. The molecule has 0 saturated carbocycles. The van der Waals surface area contributed by atoms with E-state index in [1.54, 1.807) is 22.3 Å². The first-order valence-electron chi connectivity index (χ1n) is 15.1. The van der Waals surface area contributed by atoms with Gasteiger partial charge in [-0.05, 0) is 0 Å². The Bertz CT molecular complexity index is 1820. The number of halogens is 2. The molecule has 220 valence electrons. The molecule has 0 N–H and O–H groups in total. The van der Waals surface area contributed by atoms with E-state index >= 15 is 0 Å². The van der Waals surface area contributed by atoms with Crippen LogP contribution in [0.3, 0.4) is 0 Å². The molecule has 0 nitrogen and oxygen atoms in total. The molecule has 0 aliphatic heterocycles. The van der Waals surface area contributed by atoms with E-state index < -0.39 is 19.4 Å². The fraction of sp³-hybridized carbons (Fsp3) is 0.179. The maximum Gasteiger partial charge on any atom is -0.147 e. The molecule has 0 saturated heterocycles. The normalized spacial score (nSPS) is 17.7. The van der Waals surface area contributed by atoms with Crippen molar-refractivity contribution in [1.29, 1.82) is 0 Å². The molecule has 0 spiro atoms. The number of hydrogen-bond donors (Lipinski definition) is 0. The Morgan fingerprint density at radius 3 is 1.63 bits per heavy atom. The van der Waals surface area contributed by atoms with Crippen LogP contribution in [0.4, 0.5) is 0 Å². The van der Waals surface area contributed by atoms with Gasteiger partial charge in [0.05, 0.1) is 0 Å². The van der Waals surface area contributed by atoms with Gasteiger partial charge in [0.1, 0.15) is 0 Å². The number of hydrogen-bond acceptors (Lipinski definition) is 0. The van der Waals surface area contributed by atoms with E-state index in [9.17, 15) is 0 Å². The molecule has 0 heterocycles. The van der Waals surface area contributed by atoms with E-state index in [2.05, 4.69) is 140 Å². The number of allylic oxidation sites excluding steroid dienone is 2. The predicted molar refractivity (Wildman–Crippen MR) is 196 cm³/mol. The molecule has 0 bridgehead atoms. The van der Waals surface area contributed by atoms with Gasteiger partial charge in [0.25, 0.3) is 0 Å². The van der Waals surface area contributed by atoms with Crippen LogP contribution in [0.2, 0.25) is 4.63 Å². The van der Waals surface area contributed by atoms with Crippen molar-refractivity contribution in [2.45, 2.75) is 39.6 Å². The summed E-state index contributed by atoms with van der Waals surface area (Å²) in [6, 6.07) is 40.7. The van der Waals surface area contributed by atoms with Crippen LogP contribution < -0.4 is 0 Å². The Morgan fingerprint density at radius 2 is 1.00 bits per heavy atom. The summed E-state index contributed by atoms with van der Waals surface area (Å²) < 4.78 is 4.01. The Balaban J connectivity index is 0.00000104. The van der Waals surface area contributed by atoms with Crippen LogP contribution in [0.1, 0.15) is 57.2 Å². The van der Waals surface area contributed by atoms with E-state index in [-0.39, 0.29) is 24.8 Å². The van der Waals surface area contributed by atoms with E-state index in [0.717, 1.165) is 0 Å². The summed E-state index contributed by atoms with van der Waals surface area (Å²) in [4.78, 5) is 0. The van der Waals surface area contributed by atoms with Crippen LogP contribution in [0.15, 0.2) is 120 Å². The van der Waals surface area contributed by atoms with Gasteiger partial charge in [-0.2, -0.15) is 0 Å². The van der Waals surface area contributed by atoms with E-state index in [1.807, 2.05) is 13.8 Å². The molecule has 43 heavy (non-hydrogen) atoms. The van der Waals surface area contributed by atoms with Gasteiger partial charge in [0.15, 0.2) is 0 Å². The molecule has 3 atom stereocenters. The number of fused-ring (bicyclic) bond motifs is 3. The maximum absolute atomic E-state index is 2.76. The standard InChI is InChI=1S/C20H15.C16H13.C2H6.CH3.2ClH.H3Si.Zr/c1-14-12-16-8-5-11-19(20(16)13-14)18-10-4-7-15-6-2-3-9-17(15)18;1-12-10-14-8-5-9-15(16(14)11-12)13-6-3-2-4-7-13;1-2;;;;;/h2-13H,1H3;2-11H,1H3;1-2H3;1H3;2*1H;1H3;. The second kappa shape index (κ2) is 13.7. The van der Waals surface area contributed by atoms with Gasteiger partial charge in [-0.25, -0.2) is 0 Å². The van der Waals surface area contributed by atoms with Crippen molar-refractivity contribution in [2.75, 3.05) is 0 Å². The summed E-state index contributed by atoms with van der Waals surface area (Å²) in [5.41, 5.74) is 14.7. The fourth-order valence-electron chi connectivity index (χ4n) is 7.81. The predicted octanol–water partition coefficient (Wildman–Crippen LogP) is 11.1. The Kier molecular flexibility index (Phi) is 10.6. The van der Waals surface area contributed by atoms with Crippen LogP contribution in [0.5, 0.6) is 0 Å². The number of rotatable bonds is 4. The smallest absolute Gasteiger partial charge is 0.147 e. The molecule has 4 heteroatoms. The first-order valence-corrected chi connectivity index (χ1v) is 28.8. The number of benzene rings is 5. The van der Waals surface area contributed by atoms with Crippen LogP contribution >= 0.6 is 24.8 Å². The zero-order valence-corrected chi connectivity index (χ0v) is 32.1. The molecular weight excluding hydrogens is 659 g/mol. The monoisotopic (exact) mass is 698 g/mol. The van der Waals surface area contributed by atoms with Crippen molar-refractivity contribution < 1.29 is 19.4 Å². The zero-order valence-electron chi connectivity index (χ0n) is 26.0. The Morgan fingerprint density at radius 1 is 0.535 bits per heavy atom. The molecule has 5 aromatic carbocycles. The molecule has 3 unspecified atom stereocenters. The third-order valence-electron chi connectivity index (χ3n) is 9.21. The third-order valence-corrected chi connectivity index (χ3v) is 27.1. The van der Waals surface area contributed by atoms with Gasteiger partial charge >= 0.3 is 240 Å². The molecule has 0 fully saturated rings. The summed E-state index contributed by atoms with van der Waals surface area (Å²) in [5, 5.41) is 2.66. The minimum atomic E-state index is -2.74. The summed E-state index contributed by atoms with van der Waals surface area (Å²) >= 11 is -2.74. The molecule has 2 aliphatic rings. The van der Waals surface area contributed by atoms with Gasteiger partial charge in [-0.15, -0.1) is 24.8 Å². The van der Waals surface area contributed by atoms with Crippen molar-refractivity contribution in [3.05, 3.63) is 143 Å². The topological polar surface area (TPSA) is 0 Å². The summed E-state index contributed by atoms with van der Waals surface area (Å²) in [6.45, 7) is 8.83. The van der Waals surface area contributed by atoms with Gasteiger partial charge in [-0.3, -0.25) is 0 Å². The second-order valence-electron chi connectivity index (χ2n) is 12.0. The maximum atomic E-state index is 2.76. The molecule has 5 aromatic rings. The zero-order chi connectivity index (χ0) is 28.7. The van der Waals surface area contributed by atoms with E-state index in [4.69, 9.17) is 0 Å². The van der Waals surface area contributed by atoms with Crippen LogP contribution in [-0.4, -0.2) is 7.37 Å². The van der Waals surface area contributed by atoms with Gasteiger partial charge in [0, 0.05) is 0 Å². The summed E-state index contributed by atoms with van der Waals surface area (Å²) in [6.07, 6.45) is 5.07. The largest absolute Gasteiger partial charge is 0.147 e. The molecular formula is C39H42Cl2SiZr. The average molecular weight is 701 g/mol. The van der Waals surface area contributed by atoms with Crippen molar-refractivity contribution in [2.24, 2.45) is 0 Å². The van der Waals surface area contributed by atoms with Crippen LogP contribution in [-0.2, 0) is 19.4 Å². The fourth-order valence-corrected chi connectivity index (χ4v) is 29.1. The molecule has 0 radical (unpaired) electrons. The molecule has 0 aromatic heterocycles. The summed E-state index contributed by atoms with van der Waals surface area (Å²) in [5.74, 6) is 0. The quantitative estimate of drug-likeness (QED) is 0.164. The first-order chi connectivity index (χ1) is 19.9. The van der Waals surface area contributed by atoms with Crippen molar-refractivity contribution in [1.82, 2.24) is 0 Å². The van der Waals surface area contributed by atoms with Gasteiger partial charge in [-0.1, -0.05) is 13.8 Å². The van der Waals surface area contributed by atoms with Crippen LogP contribution in [0, 0.1) is 0 Å². The molecule has 2 aliphatic carbocycles. The second-order valence-corrected chi connectivity index (χ2v) is 36.5. The van der Waals surface area contributed by atoms with E-state index in [0.29, 0.717) is 7.25 Å². The van der Waals surface area contributed by atoms with E-state index in [1.165, 1.54) is 51.5 Å². The van der Waals surface area contributed by atoms with Gasteiger partial charge < -0.3 is 0 Å². The molecule has 0 amide bonds. The molecule has 7 rings (SSSR count). The Hall–Kier alpha value is -2.48.